The quantitative estimate of drug-likeness (QED) is 0.507. The number of carbonyl (C=O) groups is 1. The van der Waals surface area contributed by atoms with Gasteiger partial charge in [-0.25, -0.2) is 4.79 Å². The number of para-hydroxylation sites is 1. The number of nitrogens with one attached hydrogen (secondary N) is 3. The van der Waals surface area contributed by atoms with Crippen LogP contribution in [0.3, 0.4) is 0 Å². The van der Waals surface area contributed by atoms with Crippen LogP contribution < -0.4 is 26.0 Å². The highest BCUT2D eigenvalue weighted by Crippen LogP contribution is 2.24. The molecule has 10 heteroatoms. The summed E-state index contributed by atoms with van der Waals surface area (Å²) >= 11 is 0. The molecule has 1 aliphatic heterocycles. The molecule has 4 rings (SSSR count). The van der Waals surface area contributed by atoms with Gasteiger partial charge in [0.15, 0.2) is 11.5 Å². The number of aromatic nitrogens is 4. The molecule has 1 atom stereocenters. The van der Waals surface area contributed by atoms with Gasteiger partial charge in [-0.3, -0.25) is 14.7 Å². The maximum Gasteiger partial charge on any atom is 0.328 e. The van der Waals surface area contributed by atoms with E-state index in [0.717, 1.165) is 24.9 Å². The Morgan fingerprint density at radius 1 is 1.38 bits per heavy atom. The van der Waals surface area contributed by atoms with Gasteiger partial charge in [0.2, 0.25) is 12.4 Å². The van der Waals surface area contributed by atoms with Crippen LogP contribution >= 0.6 is 0 Å². The van der Waals surface area contributed by atoms with E-state index in [0.29, 0.717) is 29.3 Å². The summed E-state index contributed by atoms with van der Waals surface area (Å²) in [6.45, 7) is 1.20. The maximum atomic E-state index is 12.7. The Hall–Kier alpha value is -3.40. The van der Waals surface area contributed by atoms with E-state index >= 15 is 0 Å². The second kappa shape index (κ2) is 7.92. The molecule has 0 bridgehead atoms. The fourth-order valence-electron chi connectivity index (χ4n) is 3.62. The summed E-state index contributed by atoms with van der Waals surface area (Å²) < 4.78 is 6.92. The van der Waals surface area contributed by atoms with Crippen LogP contribution in [0.2, 0.25) is 0 Å². The number of hydrogen-bond donors (Lipinski definition) is 3. The molecule has 1 aromatic carbocycles. The number of amides is 1. The van der Waals surface area contributed by atoms with Crippen LogP contribution in [0.4, 0.5) is 11.8 Å². The minimum absolute atomic E-state index is 0.102. The summed E-state index contributed by atoms with van der Waals surface area (Å²) in [5, 5.41) is 5.97. The fourth-order valence-corrected chi connectivity index (χ4v) is 3.62. The molecular weight excluding hydrogens is 374 g/mol. The van der Waals surface area contributed by atoms with E-state index in [2.05, 4.69) is 25.6 Å². The maximum absolute atomic E-state index is 12.7. The normalized spacial score (nSPS) is 16.1. The summed E-state index contributed by atoms with van der Waals surface area (Å²) in [6, 6.07) is 7.49. The summed E-state index contributed by atoms with van der Waals surface area (Å²) in [5.74, 6) is 1.37. The molecule has 1 fully saturated rings. The van der Waals surface area contributed by atoms with Gasteiger partial charge in [0, 0.05) is 12.6 Å². The number of aromatic amines is 1. The fraction of sp³-hybridized carbons (Fsp3) is 0.368. The average Bonchev–Trinajstić information content (AvgIpc) is 3.37. The first-order valence-electron chi connectivity index (χ1n) is 9.41. The monoisotopic (exact) mass is 397 g/mol. The molecular formula is C19H23N7O3. The lowest BCUT2D eigenvalue weighted by atomic mass is 10.2. The van der Waals surface area contributed by atoms with E-state index in [-0.39, 0.29) is 24.2 Å². The number of ether oxygens (including phenoxy) is 1. The highest BCUT2D eigenvalue weighted by atomic mass is 16.5. The first kappa shape index (κ1) is 18.9. The molecule has 2 aromatic heterocycles. The van der Waals surface area contributed by atoms with E-state index in [4.69, 9.17) is 4.74 Å². The Kier molecular flexibility index (Phi) is 5.17. The minimum atomic E-state index is -0.340. The molecule has 0 spiro atoms. The molecule has 152 valence electrons. The summed E-state index contributed by atoms with van der Waals surface area (Å²) in [7, 11) is 3.48. The van der Waals surface area contributed by atoms with E-state index < -0.39 is 0 Å². The molecule has 1 saturated heterocycles. The number of carbonyl (C=O) groups excluding carboxylic acids is 1. The number of nitrogens with zero attached hydrogens (tertiary/aromatic N) is 4. The van der Waals surface area contributed by atoms with Crippen molar-refractivity contribution >= 4 is 29.3 Å². The van der Waals surface area contributed by atoms with Crippen LogP contribution in [0.25, 0.3) is 11.2 Å². The van der Waals surface area contributed by atoms with Gasteiger partial charge in [-0.15, -0.1) is 0 Å². The zero-order valence-corrected chi connectivity index (χ0v) is 16.3. The average molecular weight is 397 g/mol. The zero-order chi connectivity index (χ0) is 20.4. The standard InChI is InChI=1S/C19H23N7O3/c1-25(14-8-5-9-20-14)18-23-16(21-11-27)15-17(24-18)26(19(28)22-15)10-12-6-3-4-7-13(12)29-2/h3-4,6-7,11,14,20H,5,8-10H2,1-2H3,(H,22,28)(H,21,23,24,27)/t14-/m0/s1. The Morgan fingerprint density at radius 2 is 2.21 bits per heavy atom. The van der Waals surface area contributed by atoms with Gasteiger partial charge >= 0.3 is 5.69 Å². The van der Waals surface area contributed by atoms with Crippen LogP contribution in [0.5, 0.6) is 5.75 Å². The number of rotatable bonds is 7. The minimum Gasteiger partial charge on any atom is -0.496 e. The van der Waals surface area contributed by atoms with Gasteiger partial charge in [0.05, 0.1) is 19.8 Å². The predicted molar refractivity (Wildman–Crippen MR) is 109 cm³/mol. The van der Waals surface area contributed by atoms with E-state index in [1.165, 1.54) is 4.57 Å². The van der Waals surface area contributed by atoms with E-state index in [1.54, 1.807) is 7.11 Å². The first-order valence-corrected chi connectivity index (χ1v) is 9.41. The van der Waals surface area contributed by atoms with Crippen molar-refractivity contribution in [2.24, 2.45) is 0 Å². The largest absolute Gasteiger partial charge is 0.496 e. The lowest BCUT2D eigenvalue weighted by molar-refractivity contribution is -0.105. The number of anilines is 2. The first-order chi connectivity index (χ1) is 14.1. The van der Waals surface area contributed by atoms with Crippen molar-refractivity contribution in [2.75, 3.05) is 30.9 Å². The van der Waals surface area contributed by atoms with Crippen LogP contribution in [0.1, 0.15) is 18.4 Å². The van der Waals surface area contributed by atoms with Crippen LogP contribution in [-0.4, -0.2) is 52.8 Å². The summed E-state index contributed by atoms with van der Waals surface area (Å²) in [5.41, 5.74) is 1.30. The lowest BCUT2D eigenvalue weighted by Crippen LogP contribution is -2.40. The second-order valence-corrected chi connectivity index (χ2v) is 6.88. The Labute approximate surface area is 166 Å². The van der Waals surface area contributed by atoms with Crippen molar-refractivity contribution in [3.63, 3.8) is 0 Å². The van der Waals surface area contributed by atoms with Crippen molar-refractivity contribution in [3.05, 3.63) is 40.3 Å². The van der Waals surface area contributed by atoms with Gasteiger partial charge in [-0.05, 0) is 25.5 Å². The third kappa shape index (κ3) is 3.54. The molecule has 1 aliphatic rings. The number of fused-ring (bicyclic) bond motifs is 1. The number of methoxy groups -OCH3 is 1. The molecule has 0 radical (unpaired) electrons. The van der Waals surface area contributed by atoms with Gasteiger partial charge in [-0.2, -0.15) is 9.97 Å². The Bertz CT molecular complexity index is 1090. The smallest absolute Gasteiger partial charge is 0.328 e. The predicted octanol–water partition coefficient (Wildman–Crippen LogP) is 0.890. The highest BCUT2D eigenvalue weighted by Gasteiger charge is 2.24. The molecule has 1 amide bonds. The second-order valence-electron chi connectivity index (χ2n) is 6.88. The van der Waals surface area contributed by atoms with Crippen molar-refractivity contribution < 1.29 is 9.53 Å². The molecule has 3 heterocycles. The van der Waals surface area contributed by atoms with E-state index in [1.807, 2.05) is 36.2 Å². The van der Waals surface area contributed by atoms with Crippen molar-refractivity contribution in [2.45, 2.75) is 25.6 Å². The lowest BCUT2D eigenvalue weighted by Gasteiger charge is -2.24. The third-order valence-corrected chi connectivity index (χ3v) is 5.14. The van der Waals surface area contributed by atoms with Crippen molar-refractivity contribution in [1.29, 1.82) is 0 Å². The highest BCUT2D eigenvalue weighted by molar-refractivity contribution is 5.89. The molecule has 3 aromatic rings. The van der Waals surface area contributed by atoms with Crippen molar-refractivity contribution in [1.82, 2.24) is 24.8 Å². The Balaban J connectivity index is 1.83. The number of imidazole rings is 1. The zero-order valence-electron chi connectivity index (χ0n) is 16.3. The molecule has 10 nitrogen and oxygen atoms in total. The number of benzene rings is 1. The van der Waals surface area contributed by atoms with E-state index in [9.17, 15) is 9.59 Å². The van der Waals surface area contributed by atoms with Gasteiger partial charge in [-0.1, -0.05) is 18.2 Å². The van der Waals surface area contributed by atoms with Crippen LogP contribution in [-0.2, 0) is 11.3 Å². The molecule has 0 aliphatic carbocycles. The summed E-state index contributed by atoms with van der Waals surface area (Å²) in [6.07, 6.45) is 2.68. The van der Waals surface area contributed by atoms with Crippen LogP contribution in [0, 0.1) is 0 Å². The van der Waals surface area contributed by atoms with Gasteiger partial charge in [0.1, 0.15) is 11.3 Å². The summed E-state index contributed by atoms with van der Waals surface area (Å²) in [4.78, 5) is 37.6. The molecule has 29 heavy (non-hydrogen) atoms. The number of hydrogen-bond acceptors (Lipinski definition) is 7. The molecule has 0 saturated carbocycles. The van der Waals surface area contributed by atoms with Crippen molar-refractivity contribution in [3.8, 4) is 5.75 Å². The molecule has 0 unspecified atom stereocenters. The van der Waals surface area contributed by atoms with Gasteiger partial charge in [0.25, 0.3) is 0 Å². The van der Waals surface area contributed by atoms with Crippen LogP contribution in [0.15, 0.2) is 29.1 Å². The SMILES string of the molecule is COc1ccccc1Cn1c(=O)[nH]c2c(NC=O)nc(N(C)[C@H]3CCCN3)nc21. The number of H-pyrrole nitrogens is 1. The third-order valence-electron chi connectivity index (χ3n) is 5.14. The Morgan fingerprint density at radius 3 is 2.93 bits per heavy atom. The topological polar surface area (TPSA) is 117 Å². The van der Waals surface area contributed by atoms with Gasteiger partial charge < -0.3 is 19.9 Å². The molecule has 3 N–H and O–H groups in total.